The van der Waals surface area contributed by atoms with Gasteiger partial charge < -0.3 is 44.2 Å². The SMILES string of the molecule is C=CCOCC=C.O=c1cc(-c2ccc(O)c(-c3c(O)cc(O)c4c(=O)cc(-c5ccc(O)cc5)oc34)c2)oc2cc(O)cc(O)c12. The summed E-state index contributed by atoms with van der Waals surface area (Å²) in [7, 11) is 0. The molecule has 0 amide bonds. The molecule has 6 N–H and O–H groups in total. The minimum Gasteiger partial charge on any atom is -0.508 e. The molecule has 6 rings (SSSR count). The molecular weight excluding hydrogens is 608 g/mol. The molecule has 4 aromatic carbocycles. The number of phenolic OH excluding ortho intramolecular Hbond substituents is 6. The predicted octanol–water partition coefficient (Wildman–Crippen LogP) is 6.51. The minimum absolute atomic E-state index is 0.00429. The number of fused-ring (bicyclic) bond motifs is 2. The van der Waals surface area contributed by atoms with Crippen molar-refractivity contribution in [2.45, 2.75) is 0 Å². The van der Waals surface area contributed by atoms with E-state index < -0.39 is 28.1 Å². The van der Waals surface area contributed by atoms with Crippen molar-refractivity contribution in [3.8, 4) is 68.3 Å². The molecule has 0 atom stereocenters. The molecule has 0 aliphatic heterocycles. The van der Waals surface area contributed by atoms with Gasteiger partial charge in [-0.1, -0.05) is 12.2 Å². The fourth-order valence-electron chi connectivity index (χ4n) is 4.85. The summed E-state index contributed by atoms with van der Waals surface area (Å²) >= 11 is 0. The summed E-state index contributed by atoms with van der Waals surface area (Å²) in [5, 5.41) is 61.3. The van der Waals surface area contributed by atoms with E-state index in [1.54, 1.807) is 12.2 Å². The largest absolute Gasteiger partial charge is 0.508 e. The number of benzene rings is 4. The zero-order valence-corrected chi connectivity index (χ0v) is 24.6. The van der Waals surface area contributed by atoms with Gasteiger partial charge in [0, 0.05) is 47.0 Å². The zero-order chi connectivity index (χ0) is 33.8. The average molecular weight is 637 g/mol. The lowest BCUT2D eigenvalue weighted by molar-refractivity contribution is 0.194. The van der Waals surface area contributed by atoms with Gasteiger partial charge in [0.25, 0.3) is 0 Å². The molecule has 2 heterocycles. The summed E-state index contributed by atoms with van der Waals surface area (Å²) in [5.74, 6) is -2.09. The van der Waals surface area contributed by atoms with Crippen LogP contribution in [-0.4, -0.2) is 43.9 Å². The van der Waals surface area contributed by atoms with E-state index in [1.165, 1.54) is 48.5 Å². The highest BCUT2D eigenvalue weighted by Gasteiger charge is 2.23. The third-order valence-electron chi connectivity index (χ3n) is 6.93. The molecule has 0 aliphatic carbocycles. The summed E-state index contributed by atoms with van der Waals surface area (Å²) < 4.78 is 16.6. The number of hydrogen-bond acceptors (Lipinski definition) is 11. The first kappa shape index (κ1) is 31.9. The van der Waals surface area contributed by atoms with Crippen LogP contribution >= 0.6 is 0 Å². The van der Waals surface area contributed by atoms with Gasteiger partial charge in [-0.05, 0) is 42.5 Å². The van der Waals surface area contributed by atoms with Crippen LogP contribution in [0.2, 0.25) is 0 Å². The quantitative estimate of drug-likeness (QED) is 0.0827. The molecule has 0 fully saturated rings. The topological polar surface area (TPSA) is 191 Å². The van der Waals surface area contributed by atoms with Crippen molar-refractivity contribution in [2.24, 2.45) is 0 Å². The number of aromatic hydroxyl groups is 6. The van der Waals surface area contributed by atoms with Crippen LogP contribution in [0.25, 0.3) is 55.7 Å². The standard InChI is InChI=1S/C30H18O10.C6H10O/c31-15-4-1-13(2-5-15)24-12-23(38)29-21(36)10-20(35)27(30(29)40-24)17-7-14(3-6-18(17)33)25-11-22(37)28-19(34)8-16(32)9-26(28)39-25;1-3-5-7-6-4-2/h1-12,31-36H;3-4H,1-2,5-6H2. The fourth-order valence-corrected chi connectivity index (χ4v) is 4.85. The maximum atomic E-state index is 13.0. The van der Waals surface area contributed by atoms with E-state index >= 15 is 0 Å². The van der Waals surface area contributed by atoms with Crippen LogP contribution < -0.4 is 10.9 Å². The highest BCUT2D eigenvalue weighted by Crippen LogP contribution is 2.45. The second-order valence-corrected chi connectivity index (χ2v) is 10.2. The Morgan fingerprint density at radius 1 is 0.596 bits per heavy atom. The number of rotatable bonds is 7. The molecule has 6 aromatic rings. The molecular formula is C36H28O11. The van der Waals surface area contributed by atoms with Crippen LogP contribution in [0.15, 0.2) is 117 Å². The molecule has 0 bridgehead atoms. The Labute approximate surface area is 266 Å². The van der Waals surface area contributed by atoms with Crippen LogP contribution in [0.4, 0.5) is 0 Å². The average Bonchev–Trinajstić information content (AvgIpc) is 3.02. The second-order valence-electron chi connectivity index (χ2n) is 10.2. The lowest BCUT2D eigenvalue weighted by atomic mass is 9.97. The van der Waals surface area contributed by atoms with E-state index in [-0.39, 0.29) is 67.4 Å². The van der Waals surface area contributed by atoms with Crippen LogP contribution in [0.5, 0.6) is 34.5 Å². The summed E-state index contributed by atoms with van der Waals surface area (Å²) in [6, 6.07) is 15.3. The molecule has 238 valence electrons. The van der Waals surface area contributed by atoms with Gasteiger partial charge in [-0.15, -0.1) is 13.2 Å². The van der Waals surface area contributed by atoms with Crippen molar-refractivity contribution < 1.29 is 44.2 Å². The summed E-state index contributed by atoms with van der Waals surface area (Å²) in [4.78, 5) is 25.8. The van der Waals surface area contributed by atoms with Crippen molar-refractivity contribution in [3.63, 3.8) is 0 Å². The molecule has 0 spiro atoms. The maximum Gasteiger partial charge on any atom is 0.197 e. The Balaban J connectivity index is 0.000000559. The van der Waals surface area contributed by atoms with Gasteiger partial charge in [0.15, 0.2) is 16.4 Å². The van der Waals surface area contributed by atoms with Gasteiger partial charge in [-0.3, -0.25) is 9.59 Å². The van der Waals surface area contributed by atoms with E-state index in [0.717, 1.165) is 24.3 Å². The summed E-state index contributed by atoms with van der Waals surface area (Å²) in [6.45, 7) is 8.18. The van der Waals surface area contributed by atoms with Gasteiger partial charge in [0.2, 0.25) is 0 Å². The Hall–Kier alpha value is -6.46. The monoisotopic (exact) mass is 636 g/mol. The molecule has 0 aliphatic rings. The molecule has 2 aromatic heterocycles. The summed E-state index contributed by atoms with van der Waals surface area (Å²) in [6.07, 6.45) is 3.42. The van der Waals surface area contributed by atoms with Crippen molar-refractivity contribution in [1.82, 2.24) is 0 Å². The second kappa shape index (κ2) is 13.3. The van der Waals surface area contributed by atoms with Crippen molar-refractivity contribution in [1.29, 1.82) is 0 Å². The van der Waals surface area contributed by atoms with Gasteiger partial charge >= 0.3 is 0 Å². The first-order valence-electron chi connectivity index (χ1n) is 14.0. The lowest BCUT2D eigenvalue weighted by Gasteiger charge is -2.14. The Morgan fingerprint density at radius 2 is 1.19 bits per heavy atom. The van der Waals surface area contributed by atoms with Crippen molar-refractivity contribution >= 4 is 21.9 Å². The van der Waals surface area contributed by atoms with Gasteiger partial charge in [0.1, 0.15) is 62.4 Å². The van der Waals surface area contributed by atoms with Crippen LogP contribution in [0, 0.1) is 0 Å². The van der Waals surface area contributed by atoms with Crippen LogP contribution in [0.1, 0.15) is 0 Å². The van der Waals surface area contributed by atoms with Gasteiger partial charge in [-0.2, -0.15) is 0 Å². The normalized spacial score (nSPS) is 10.8. The lowest BCUT2D eigenvalue weighted by Crippen LogP contribution is -2.02. The first-order chi connectivity index (χ1) is 22.5. The van der Waals surface area contributed by atoms with E-state index in [2.05, 4.69) is 13.2 Å². The number of phenols is 6. The van der Waals surface area contributed by atoms with Crippen molar-refractivity contribution in [2.75, 3.05) is 13.2 Å². The Bertz CT molecular complexity index is 2250. The highest BCUT2D eigenvalue weighted by atomic mass is 16.5. The van der Waals surface area contributed by atoms with Crippen LogP contribution in [0.3, 0.4) is 0 Å². The Morgan fingerprint density at radius 3 is 1.85 bits per heavy atom. The predicted molar refractivity (Wildman–Crippen MR) is 176 cm³/mol. The van der Waals surface area contributed by atoms with E-state index in [0.29, 0.717) is 18.8 Å². The zero-order valence-electron chi connectivity index (χ0n) is 24.6. The van der Waals surface area contributed by atoms with E-state index in [9.17, 15) is 40.2 Å². The molecule has 47 heavy (non-hydrogen) atoms. The number of hydrogen-bond donors (Lipinski definition) is 6. The molecule has 11 nitrogen and oxygen atoms in total. The smallest absolute Gasteiger partial charge is 0.197 e. The van der Waals surface area contributed by atoms with E-state index in [4.69, 9.17) is 13.6 Å². The van der Waals surface area contributed by atoms with Gasteiger partial charge in [-0.25, -0.2) is 0 Å². The fraction of sp³-hybridized carbons (Fsp3) is 0.0556. The third kappa shape index (κ3) is 6.51. The molecule has 11 heteroatoms. The minimum atomic E-state index is -0.626. The first-order valence-corrected chi connectivity index (χ1v) is 14.0. The Kier molecular flexibility index (Phi) is 9.02. The van der Waals surface area contributed by atoms with E-state index in [1.807, 2.05) is 0 Å². The number of ether oxygens (including phenoxy) is 1. The molecule has 0 radical (unpaired) electrons. The third-order valence-corrected chi connectivity index (χ3v) is 6.93. The molecule has 0 saturated heterocycles. The van der Waals surface area contributed by atoms with Crippen LogP contribution in [-0.2, 0) is 4.74 Å². The van der Waals surface area contributed by atoms with Crippen molar-refractivity contribution in [3.05, 3.63) is 119 Å². The molecule has 0 unspecified atom stereocenters. The van der Waals surface area contributed by atoms with Gasteiger partial charge in [0.05, 0.1) is 18.8 Å². The molecule has 0 saturated carbocycles. The summed E-state index contributed by atoms with van der Waals surface area (Å²) in [5.41, 5.74) is -0.992. The highest BCUT2D eigenvalue weighted by molar-refractivity contribution is 6.01. The maximum absolute atomic E-state index is 13.0.